The SMILES string of the molecule is CN=C(NCCCC(=O)N1Cc2ccccc2C1)NC1CCCC(C)C1.I. The molecular formula is C21H33IN4O. The Bertz CT molecular complexity index is 624. The molecule has 0 radical (unpaired) electrons. The lowest BCUT2D eigenvalue weighted by atomic mass is 9.87. The highest BCUT2D eigenvalue weighted by atomic mass is 127. The number of halogens is 1. The molecule has 0 spiro atoms. The van der Waals surface area contributed by atoms with E-state index in [1.807, 2.05) is 24.1 Å². The Kier molecular flexibility index (Phi) is 8.86. The van der Waals surface area contributed by atoms with Gasteiger partial charge in [-0.15, -0.1) is 24.0 Å². The molecule has 6 heteroatoms. The maximum absolute atomic E-state index is 12.4. The van der Waals surface area contributed by atoms with Gasteiger partial charge in [0.1, 0.15) is 0 Å². The number of fused-ring (bicyclic) bond motifs is 1. The predicted octanol–water partition coefficient (Wildman–Crippen LogP) is 3.67. The molecule has 2 N–H and O–H groups in total. The second-order valence-electron chi connectivity index (χ2n) is 7.73. The lowest BCUT2D eigenvalue weighted by Crippen LogP contribution is -2.45. The molecule has 150 valence electrons. The first-order valence-electron chi connectivity index (χ1n) is 9.97. The van der Waals surface area contributed by atoms with Crippen molar-refractivity contribution in [2.45, 2.75) is 64.6 Å². The van der Waals surface area contributed by atoms with Gasteiger partial charge in [0.05, 0.1) is 0 Å². The number of benzene rings is 1. The molecule has 0 saturated heterocycles. The average Bonchev–Trinajstić information content (AvgIpc) is 3.08. The van der Waals surface area contributed by atoms with E-state index in [9.17, 15) is 4.79 Å². The topological polar surface area (TPSA) is 56.7 Å². The molecule has 0 aromatic heterocycles. The number of hydrogen-bond acceptors (Lipinski definition) is 2. The molecule has 0 bridgehead atoms. The van der Waals surface area contributed by atoms with Crippen LogP contribution in [0.2, 0.25) is 0 Å². The van der Waals surface area contributed by atoms with Crippen LogP contribution in [0.15, 0.2) is 29.3 Å². The molecule has 2 atom stereocenters. The minimum Gasteiger partial charge on any atom is -0.356 e. The van der Waals surface area contributed by atoms with E-state index in [2.05, 4.69) is 34.7 Å². The van der Waals surface area contributed by atoms with Gasteiger partial charge < -0.3 is 15.5 Å². The van der Waals surface area contributed by atoms with Crippen molar-refractivity contribution in [2.24, 2.45) is 10.9 Å². The van der Waals surface area contributed by atoms with Crippen molar-refractivity contribution >= 4 is 35.8 Å². The number of hydrogen-bond donors (Lipinski definition) is 2. The highest BCUT2D eigenvalue weighted by molar-refractivity contribution is 14.0. The Balaban J connectivity index is 0.00000261. The number of guanidine groups is 1. The fraction of sp³-hybridized carbons (Fsp3) is 0.619. The summed E-state index contributed by atoms with van der Waals surface area (Å²) in [5, 5.41) is 6.90. The van der Waals surface area contributed by atoms with Crippen LogP contribution < -0.4 is 10.6 Å². The largest absolute Gasteiger partial charge is 0.356 e. The molecule has 3 rings (SSSR count). The quantitative estimate of drug-likeness (QED) is 0.290. The summed E-state index contributed by atoms with van der Waals surface area (Å²) in [5.41, 5.74) is 2.57. The second-order valence-corrected chi connectivity index (χ2v) is 7.73. The summed E-state index contributed by atoms with van der Waals surface area (Å²) in [6.07, 6.45) is 6.48. The smallest absolute Gasteiger partial charge is 0.223 e. The van der Waals surface area contributed by atoms with Gasteiger partial charge in [-0.25, -0.2) is 0 Å². The van der Waals surface area contributed by atoms with Crippen LogP contribution in [0.1, 0.15) is 56.6 Å². The van der Waals surface area contributed by atoms with E-state index in [0.29, 0.717) is 12.5 Å². The zero-order valence-corrected chi connectivity index (χ0v) is 18.9. The van der Waals surface area contributed by atoms with Gasteiger partial charge >= 0.3 is 0 Å². The summed E-state index contributed by atoms with van der Waals surface area (Å²) in [4.78, 5) is 18.7. The Morgan fingerprint density at radius 3 is 2.56 bits per heavy atom. The minimum absolute atomic E-state index is 0. The molecule has 5 nitrogen and oxygen atoms in total. The first-order chi connectivity index (χ1) is 12.7. The summed E-state index contributed by atoms with van der Waals surface area (Å²) in [7, 11) is 1.81. The van der Waals surface area contributed by atoms with Crippen molar-refractivity contribution in [1.29, 1.82) is 0 Å². The van der Waals surface area contributed by atoms with Crippen molar-refractivity contribution < 1.29 is 4.79 Å². The van der Waals surface area contributed by atoms with Crippen LogP contribution in [0.3, 0.4) is 0 Å². The number of amides is 1. The normalized spacial score (nSPS) is 22.0. The molecule has 1 heterocycles. The Labute approximate surface area is 180 Å². The van der Waals surface area contributed by atoms with E-state index in [1.165, 1.54) is 36.8 Å². The van der Waals surface area contributed by atoms with Gasteiger partial charge in [-0.3, -0.25) is 9.79 Å². The number of nitrogens with zero attached hydrogens (tertiary/aromatic N) is 2. The Morgan fingerprint density at radius 1 is 1.22 bits per heavy atom. The van der Waals surface area contributed by atoms with Crippen molar-refractivity contribution in [3.05, 3.63) is 35.4 Å². The molecule has 1 aromatic carbocycles. The second kappa shape index (κ2) is 10.9. The minimum atomic E-state index is 0. The maximum atomic E-state index is 12.4. The summed E-state index contributed by atoms with van der Waals surface area (Å²) in [6.45, 7) is 4.61. The van der Waals surface area contributed by atoms with E-state index in [0.717, 1.165) is 37.9 Å². The predicted molar refractivity (Wildman–Crippen MR) is 121 cm³/mol. The maximum Gasteiger partial charge on any atom is 0.223 e. The number of carbonyl (C=O) groups excluding carboxylic acids is 1. The third-order valence-electron chi connectivity index (χ3n) is 5.55. The van der Waals surface area contributed by atoms with Gasteiger partial charge in [-0.05, 0) is 36.3 Å². The van der Waals surface area contributed by atoms with E-state index >= 15 is 0 Å². The van der Waals surface area contributed by atoms with Gasteiger partial charge in [-0.1, -0.05) is 44.0 Å². The molecule has 1 aliphatic heterocycles. The lowest BCUT2D eigenvalue weighted by Gasteiger charge is -2.28. The molecule has 1 amide bonds. The number of aliphatic imine (C=N–C) groups is 1. The summed E-state index contributed by atoms with van der Waals surface area (Å²) < 4.78 is 0. The molecular weight excluding hydrogens is 451 g/mol. The van der Waals surface area contributed by atoms with Crippen LogP contribution in [0.25, 0.3) is 0 Å². The molecule has 27 heavy (non-hydrogen) atoms. The highest BCUT2D eigenvalue weighted by Crippen LogP contribution is 2.24. The fourth-order valence-corrected chi connectivity index (χ4v) is 4.07. The van der Waals surface area contributed by atoms with Crippen LogP contribution in [0, 0.1) is 5.92 Å². The van der Waals surface area contributed by atoms with Crippen LogP contribution in [-0.4, -0.2) is 36.4 Å². The molecule has 1 aromatic rings. The number of nitrogens with one attached hydrogen (secondary N) is 2. The van der Waals surface area contributed by atoms with E-state index in [-0.39, 0.29) is 29.9 Å². The monoisotopic (exact) mass is 484 g/mol. The van der Waals surface area contributed by atoms with Gasteiger partial charge in [0, 0.05) is 39.1 Å². The first-order valence-corrected chi connectivity index (χ1v) is 9.97. The van der Waals surface area contributed by atoms with Crippen LogP contribution in [-0.2, 0) is 17.9 Å². The van der Waals surface area contributed by atoms with Crippen molar-refractivity contribution in [3.63, 3.8) is 0 Å². The summed E-state index contributed by atoms with van der Waals surface area (Å²) in [6, 6.07) is 8.84. The number of rotatable bonds is 5. The Hall–Kier alpha value is -1.31. The molecule has 1 saturated carbocycles. The fourth-order valence-electron chi connectivity index (χ4n) is 4.07. The van der Waals surface area contributed by atoms with Gasteiger partial charge in [-0.2, -0.15) is 0 Å². The number of carbonyl (C=O) groups is 1. The highest BCUT2D eigenvalue weighted by Gasteiger charge is 2.22. The van der Waals surface area contributed by atoms with E-state index in [1.54, 1.807) is 0 Å². The van der Waals surface area contributed by atoms with Crippen molar-refractivity contribution in [3.8, 4) is 0 Å². The molecule has 2 unspecified atom stereocenters. The molecule has 2 aliphatic rings. The third kappa shape index (κ3) is 6.36. The zero-order valence-electron chi connectivity index (χ0n) is 16.5. The zero-order chi connectivity index (χ0) is 18.4. The van der Waals surface area contributed by atoms with E-state index in [4.69, 9.17) is 0 Å². The van der Waals surface area contributed by atoms with Crippen molar-refractivity contribution in [1.82, 2.24) is 15.5 Å². The van der Waals surface area contributed by atoms with Gasteiger partial charge in [0.2, 0.25) is 5.91 Å². The van der Waals surface area contributed by atoms with Crippen molar-refractivity contribution in [2.75, 3.05) is 13.6 Å². The van der Waals surface area contributed by atoms with Gasteiger partial charge in [0.25, 0.3) is 0 Å². The third-order valence-corrected chi connectivity index (χ3v) is 5.55. The average molecular weight is 484 g/mol. The van der Waals surface area contributed by atoms with Crippen LogP contribution >= 0.6 is 24.0 Å². The standard InChI is InChI=1S/C21H32N4O.HI/c1-16-7-5-10-19(13-16)24-21(22-2)23-12-6-11-20(26)25-14-17-8-3-4-9-18(17)15-25;/h3-4,8-9,16,19H,5-7,10-15H2,1-2H3,(H2,22,23,24);1H. The lowest BCUT2D eigenvalue weighted by molar-refractivity contribution is -0.131. The molecule has 1 aliphatic carbocycles. The van der Waals surface area contributed by atoms with E-state index < -0.39 is 0 Å². The van der Waals surface area contributed by atoms with Gasteiger partial charge in [0.15, 0.2) is 5.96 Å². The van der Waals surface area contributed by atoms with Crippen LogP contribution in [0.4, 0.5) is 0 Å². The Morgan fingerprint density at radius 2 is 1.93 bits per heavy atom. The first kappa shape index (κ1) is 22.0. The van der Waals surface area contributed by atoms with Crippen LogP contribution in [0.5, 0.6) is 0 Å². The molecule has 1 fully saturated rings. The summed E-state index contributed by atoms with van der Waals surface area (Å²) >= 11 is 0. The summed E-state index contributed by atoms with van der Waals surface area (Å²) in [5.74, 6) is 1.90.